The molecule has 0 saturated heterocycles. The van der Waals surface area contributed by atoms with Gasteiger partial charge in [0.15, 0.2) is 11.2 Å². The molecule has 0 aliphatic heterocycles. The van der Waals surface area contributed by atoms with Gasteiger partial charge in [0, 0.05) is 37.8 Å². The number of nitrogen functional groups attached to an aromatic ring is 1. The van der Waals surface area contributed by atoms with Crippen molar-refractivity contribution in [3.63, 3.8) is 0 Å². The van der Waals surface area contributed by atoms with Gasteiger partial charge in [-0.15, -0.1) is 0 Å². The van der Waals surface area contributed by atoms with E-state index in [1.54, 1.807) is 24.6 Å². The summed E-state index contributed by atoms with van der Waals surface area (Å²) in [7, 11) is 3.56. The number of aromatic amines is 2. The molecule has 0 aliphatic rings. The number of benzene rings is 1. The first-order valence-corrected chi connectivity index (χ1v) is 9.96. The van der Waals surface area contributed by atoms with Crippen LogP contribution in [0.15, 0.2) is 30.5 Å². The van der Waals surface area contributed by atoms with Gasteiger partial charge in [0.1, 0.15) is 22.7 Å². The molecule has 0 spiro atoms. The minimum atomic E-state index is -1.23. The van der Waals surface area contributed by atoms with E-state index >= 15 is 0 Å². The highest BCUT2D eigenvalue weighted by Gasteiger charge is 2.18. The van der Waals surface area contributed by atoms with Crippen LogP contribution in [0.25, 0.3) is 33.2 Å². The van der Waals surface area contributed by atoms with Gasteiger partial charge in [0.2, 0.25) is 0 Å². The minimum Gasteiger partial charge on any atom is -0.382 e. The maximum Gasteiger partial charge on any atom is 0.172 e. The molecule has 0 fully saturated rings. The highest BCUT2D eigenvalue weighted by atomic mass is 32.2. The largest absolute Gasteiger partial charge is 0.382 e. The molecular weight excluding hydrogens is 376 g/mol. The van der Waals surface area contributed by atoms with Crippen molar-refractivity contribution >= 4 is 38.9 Å². The van der Waals surface area contributed by atoms with Crippen LogP contribution >= 0.6 is 0 Å². The molecule has 4 N–H and O–H groups in total. The zero-order chi connectivity index (χ0) is 19.8. The number of imidazole rings is 1. The monoisotopic (exact) mass is 398 g/mol. The van der Waals surface area contributed by atoms with Crippen LogP contribution in [-0.2, 0) is 17.7 Å². The maximum atomic E-state index is 12.4. The van der Waals surface area contributed by atoms with E-state index in [9.17, 15) is 4.21 Å². The van der Waals surface area contributed by atoms with Crippen LogP contribution in [0.3, 0.4) is 0 Å². The van der Waals surface area contributed by atoms with Crippen molar-refractivity contribution in [1.82, 2.24) is 33.8 Å². The second kappa shape index (κ2) is 7.30. The van der Waals surface area contributed by atoms with Crippen LogP contribution in [0.4, 0.5) is 5.82 Å². The Morgan fingerprint density at radius 2 is 2.04 bits per heavy atom. The van der Waals surface area contributed by atoms with Crippen molar-refractivity contribution in [2.75, 3.05) is 26.4 Å². The van der Waals surface area contributed by atoms with Gasteiger partial charge in [-0.25, -0.2) is 22.8 Å². The fraction of sp³-hybridized carbons (Fsp3) is 0.278. The van der Waals surface area contributed by atoms with E-state index in [1.165, 1.54) is 0 Å². The van der Waals surface area contributed by atoms with Gasteiger partial charge in [0.05, 0.1) is 17.8 Å². The van der Waals surface area contributed by atoms with Crippen LogP contribution in [0.1, 0.15) is 12.7 Å². The first kappa shape index (κ1) is 18.5. The van der Waals surface area contributed by atoms with Crippen LogP contribution in [0.2, 0.25) is 0 Å². The summed E-state index contributed by atoms with van der Waals surface area (Å²) in [5, 5.41) is 7.85. The van der Waals surface area contributed by atoms with Crippen molar-refractivity contribution in [1.29, 1.82) is 0 Å². The summed E-state index contributed by atoms with van der Waals surface area (Å²) in [6.45, 7) is 3.01. The number of hydrogen-bond acceptors (Lipinski definition) is 5. The van der Waals surface area contributed by atoms with Gasteiger partial charge < -0.3 is 10.7 Å². The Labute approximate surface area is 164 Å². The highest BCUT2D eigenvalue weighted by Crippen LogP contribution is 2.29. The first-order valence-electron chi connectivity index (χ1n) is 8.89. The third-order valence-electron chi connectivity index (χ3n) is 4.53. The average molecular weight is 398 g/mol. The maximum absolute atomic E-state index is 12.4. The Morgan fingerprint density at radius 1 is 1.21 bits per heavy atom. The van der Waals surface area contributed by atoms with Crippen molar-refractivity contribution in [3.05, 3.63) is 36.3 Å². The van der Waals surface area contributed by atoms with Gasteiger partial charge in [-0.1, -0.05) is 13.0 Å². The predicted molar refractivity (Wildman–Crippen MR) is 111 cm³/mol. The van der Waals surface area contributed by atoms with Crippen molar-refractivity contribution in [3.8, 4) is 11.3 Å². The molecule has 3 aromatic heterocycles. The number of rotatable bonds is 6. The summed E-state index contributed by atoms with van der Waals surface area (Å²) in [6, 6.07) is 7.85. The number of anilines is 1. The summed E-state index contributed by atoms with van der Waals surface area (Å²) < 4.78 is 15.9. The highest BCUT2D eigenvalue weighted by molar-refractivity contribution is 7.80. The Kier molecular flexibility index (Phi) is 4.84. The second-order valence-electron chi connectivity index (χ2n) is 6.61. The summed E-state index contributed by atoms with van der Waals surface area (Å²) in [6.07, 6.45) is 1.71. The lowest BCUT2D eigenvalue weighted by Crippen LogP contribution is -2.34. The number of nitrogens with one attached hydrogen (secondary N) is 2. The molecule has 1 atom stereocenters. The Balaban J connectivity index is 1.77. The molecule has 3 heterocycles. The predicted octanol–water partition coefficient (Wildman–Crippen LogP) is 2.05. The van der Waals surface area contributed by atoms with Crippen LogP contribution in [0, 0.1) is 0 Å². The molecule has 1 aromatic carbocycles. The quantitative estimate of drug-likeness (QED) is 0.459. The molecule has 4 rings (SSSR count). The fourth-order valence-corrected chi connectivity index (χ4v) is 4.06. The Hall–Kier alpha value is -2.82. The van der Waals surface area contributed by atoms with E-state index in [0.717, 1.165) is 27.7 Å². The first-order chi connectivity index (χ1) is 13.5. The van der Waals surface area contributed by atoms with E-state index in [4.69, 9.17) is 10.7 Å². The van der Waals surface area contributed by atoms with E-state index in [1.807, 2.05) is 35.5 Å². The topological polar surface area (TPSA) is 120 Å². The summed E-state index contributed by atoms with van der Waals surface area (Å²) in [4.78, 5) is 12.5. The molecule has 0 radical (unpaired) electrons. The molecule has 4 aromatic rings. The van der Waals surface area contributed by atoms with E-state index in [2.05, 4.69) is 20.2 Å². The SMILES string of the molecule is CCN(Cc1nc2c([nH]1)c(N)nc1cc(-c3ccn[nH]3)ccc12)S(=O)N(C)C. The van der Waals surface area contributed by atoms with E-state index < -0.39 is 11.2 Å². The Bertz CT molecular complexity index is 1150. The van der Waals surface area contributed by atoms with Crippen LogP contribution in [-0.4, -0.2) is 58.6 Å². The van der Waals surface area contributed by atoms with Crippen molar-refractivity contribution in [2.24, 2.45) is 0 Å². The third kappa shape index (κ3) is 3.26. The Morgan fingerprint density at radius 3 is 2.71 bits per heavy atom. The number of nitrogens with zero attached hydrogens (tertiary/aromatic N) is 5. The smallest absolute Gasteiger partial charge is 0.172 e. The lowest BCUT2D eigenvalue weighted by Gasteiger charge is -2.21. The molecule has 10 heteroatoms. The lowest BCUT2D eigenvalue weighted by molar-refractivity contribution is 0.421. The summed E-state index contributed by atoms with van der Waals surface area (Å²) in [5.74, 6) is 1.09. The van der Waals surface area contributed by atoms with Crippen molar-refractivity contribution < 1.29 is 4.21 Å². The average Bonchev–Trinajstić information content (AvgIpc) is 3.35. The van der Waals surface area contributed by atoms with Crippen LogP contribution < -0.4 is 5.73 Å². The number of hydrogen-bond donors (Lipinski definition) is 3. The zero-order valence-electron chi connectivity index (χ0n) is 15.9. The van der Waals surface area contributed by atoms with Crippen molar-refractivity contribution in [2.45, 2.75) is 13.5 Å². The molecule has 0 saturated carbocycles. The van der Waals surface area contributed by atoms with Gasteiger partial charge in [-0.2, -0.15) is 5.10 Å². The molecular formula is C18H22N8OS. The number of H-pyrrole nitrogens is 2. The fourth-order valence-electron chi connectivity index (χ4n) is 3.15. The molecule has 0 aliphatic carbocycles. The normalized spacial score (nSPS) is 13.2. The van der Waals surface area contributed by atoms with E-state index in [0.29, 0.717) is 30.2 Å². The lowest BCUT2D eigenvalue weighted by atomic mass is 10.1. The molecule has 0 amide bonds. The molecule has 0 bridgehead atoms. The molecule has 9 nitrogen and oxygen atoms in total. The molecule has 146 valence electrons. The van der Waals surface area contributed by atoms with Gasteiger partial charge >= 0.3 is 0 Å². The summed E-state index contributed by atoms with van der Waals surface area (Å²) >= 11 is -1.23. The standard InChI is InChI=1S/C18H22N8OS/c1-4-26(28(27)25(2)3)10-15-22-16-12-6-5-11(13-7-8-20-24-13)9-14(12)21-18(19)17(16)23-15/h5-9H,4,10H2,1-3H3,(H2,19,21)(H,20,24)(H,22,23). The van der Waals surface area contributed by atoms with Gasteiger partial charge in [-0.3, -0.25) is 5.10 Å². The molecule has 1 unspecified atom stereocenters. The number of pyridine rings is 1. The summed E-state index contributed by atoms with van der Waals surface area (Å²) in [5.41, 5.74) is 10.3. The van der Waals surface area contributed by atoms with Crippen LogP contribution in [0.5, 0.6) is 0 Å². The number of fused-ring (bicyclic) bond motifs is 3. The zero-order valence-corrected chi connectivity index (χ0v) is 16.7. The van der Waals surface area contributed by atoms with Gasteiger partial charge in [-0.05, 0) is 18.2 Å². The second-order valence-corrected chi connectivity index (χ2v) is 8.31. The third-order valence-corrected chi connectivity index (χ3v) is 5.98. The molecule has 28 heavy (non-hydrogen) atoms. The van der Waals surface area contributed by atoms with E-state index in [-0.39, 0.29) is 0 Å². The van der Waals surface area contributed by atoms with Gasteiger partial charge in [0.25, 0.3) is 0 Å². The number of aromatic nitrogens is 5. The minimum absolute atomic E-state index is 0.389. The number of nitrogens with two attached hydrogens (primary N) is 1.